The first kappa shape index (κ1) is 9.37. The number of rotatable bonds is 5. The van der Waals surface area contributed by atoms with Gasteiger partial charge in [0.15, 0.2) is 0 Å². The monoisotopic (exact) mass is 142 g/mol. The van der Waals surface area contributed by atoms with Gasteiger partial charge in [0.25, 0.3) is 0 Å². The Hall–Kier alpha value is -0.630. The van der Waals surface area contributed by atoms with Crippen molar-refractivity contribution < 1.29 is 9.90 Å². The number of carbonyl (C=O) groups excluding carboxylic acids is 1. The lowest BCUT2D eigenvalue weighted by Gasteiger charge is -1.89. The van der Waals surface area contributed by atoms with E-state index in [1.54, 1.807) is 13.0 Å². The molecule has 2 heteroatoms. The second-order valence-corrected chi connectivity index (χ2v) is 2.25. The summed E-state index contributed by atoms with van der Waals surface area (Å²) in [6.45, 7) is 1.69. The van der Waals surface area contributed by atoms with Gasteiger partial charge >= 0.3 is 0 Å². The summed E-state index contributed by atoms with van der Waals surface area (Å²) in [6.07, 6.45) is 6.02. The SMILES string of the molecule is CC(=O)CCC/C=C\CO. The predicted octanol–water partition coefficient (Wildman–Crippen LogP) is 1.29. The first-order valence-electron chi connectivity index (χ1n) is 3.52. The number of aliphatic hydroxyl groups excluding tert-OH is 1. The normalized spacial score (nSPS) is 10.6. The van der Waals surface area contributed by atoms with Crippen LogP contribution in [-0.4, -0.2) is 17.5 Å². The van der Waals surface area contributed by atoms with Crippen molar-refractivity contribution in [3.05, 3.63) is 12.2 Å². The molecule has 2 nitrogen and oxygen atoms in total. The molecular formula is C8H14O2. The quantitative estimate of drug-likeness (QED) is 0.464. The number of unbranched alkanes of at least 4 members (excludes halogenated alkanes) is 1. The van der Waals surface area contributed by atoms with Gasteiger partial charge in [0.2, 0.25) is 0 Å². The number of hydrogen-bond acceptors (Lipinski definition) is 2. The molecule has 1 N–H and O–H groups in total. The lowest BCUT2D eigenvalue weighted by atomic mass is 10.2. The van der Waals surface area contributed by atoms with E-state index in [0.717, 1.165) is 12.8 Å². The molecule has 0 spiro atoms. The highest BCUT2D eigenvalue weighted by molar-refractivity contribution is 5.75. The first-order chi connectivity index (χ1) is 4.77. The third-order valence-corrected chi connectivity index (χ3v) is 1.17. The lowest BCUT2D eigenvalue weighted by molar-refractivity contribution is -0.117. The Morgan fingerprint density at radius 1 is 1.50 bits per heavy atom. The zero-order chi connectivity index (χ0) is 7.82. The molecule has 0 unspecified atom stereocenters. The average Bonchev–Trinajstić information content (AvgIpc) is 1.87. The second kappa shape index (κ2) is 6.49. The molecule has 0 aliphatic heterocycles. The summed E-state index contributed by atoms with van der Waals surface area (Å²) >= 11 is 0. The summed E-state index contributed by atoms with van der Waals surface area (Å²) in [5.41, 5.74) is 0. The van der Waals surface area contributed by atoms with Crippen molar-refractivity contribution in [3.63, 3.8) is 0 Å². The van der Waals surface area contributed by atoms with Crippen molar-refractivity contribution in [2.75, 3.05) is 6.61 Å². The summed E-state index contributed by atoms with van der Waals surface area (Å²) in [4.78, 5) is 10.4. The molecule has 0 aliphatic carbocycles. The average molecular weight is 142 g/mol. The van der Waals surface area contributed by atoms with Crippen LogP contribution in [-0.2, 0) is 4.79 Å². The van der Waals surface area contributed by atoms with Crippen LogP contribution in [0.3, 0.4) is 0 Å². The number of aliphatic hydroxyl groups is 1. The van der Waals surface area contributed by atoms with Crippen molar-refractivity contribution in [3.8, 4) is 0 Å². The molecule has 0 saturated carbocycles. The molecule has 0 aromatic rings. The van der Waals surface area contributed by atoms with E-state index in [-0.39, 0.29) is 12.4 Å². The Morgan fingerprint density at radius 2 is 2.20 bits per heavy atom. The number of allylic oxidation sites excluding steroid dienone is 1. The molecular weight excluding hydrogens is 128 g/mol. The highest BCUT2D eigenvalue weighted by Gasteiger charge is 1.89. The van der Waals surface area contributed by atoms with Crippen LogP contribution in [0.25, 0.3) is 0 Å². The van der Waals surface area contributed by atoms with E-state index in [4.69, 9.17) is 5.11 Å². The summed E-state index contributed by atoms with van der Waals surface area (Å²) in [7, 11) is 0. The minimum Gasteiger partial charge on any atom is -0.392 e. The largest absolute Gasteiger partial charge is 0.392 e. The highest BCUT2D eigenvalue weighted by Crippen LogP contribution is 1.96. The Bertz CT molecular complexity index is 116. The van der Waals surface area contributed by atoms with Crippen molar-refractivity contribution >= 4 is 5.78 Å². The fourth-order valence-electron chi connectivity index (χ4n) is 0.661. The molecule has 0 fully saturated rings. The molecule has 58 valence electrons. The molecule has 0 rings (SSSR count). The standard InChI is InChI=1S/C8H14O2/c1-8(10)6-4-2-3-5-7-9/h3,5,9H,2,4,6-7H2,1H3/b5-3-. The van der Waals surface area contributed by atoms with E-state index >= 15 is 0 Å². The van der Waals surface area contributed by atoms with E-state index in [0.29, 0.717) is 6.42 Å². The fourth-order valence-corrected chi connectivity index (χ4v) is 0.661. The van der Waals surface area contributed by atoms with E-state index in [9.17, 15) is 4.79 Å². The molecule has 10 heavy (non-hydrogen) atoms. The van der Waals surface area contributed by atoms with Crippen molar-refractivity contribution in [2.24, 2.45) is 0 Å². The van der Waals surface area contributed by atoms with Gasteiger partial charge in [-0.25, -0.2) is 0 Å². The van der Waals surface area contributed by atoms with E-state index < -0.39 is 0 Å². The Kier molecular flexibility index (Phi) is 6.08. The smallest absolute Gasteiger partial charge is 0.129 e. The summed E-state index contributed by atoms with van der Waals surface area (Å²) in [5.74, 6) is 0.234. The fraction of sp³-hybridized carbons (Fsp3) is 0.625. The Morgan fingerprint density at radius 3 is 2.70 bits per heavy atom. The van der Waals surface area contributed by atoms with Crippen molar-refractivity contribution in [1.82, 2.24) is 0 Å². The second-order valence-electron chi connectivity index (χ2n) is 2.25. The molecule has 0 heterocycles. The predicted molar refractivity (Wildman–Crippen MR) is 40.8 cm³/mol. The van der Waals surface area contributed by atoms with Gasteiger partial charge in [0.1, 0.15) is 5.78 Å². The van der Waals surface area contributed by atoms with Crippen LogP contribution in [0.1, 0.15) is 26.2 Å². The third kappa shape index (κ3) is 7.37. The van der Waals surface area contributed by atoms with Gasteiger partial charge in [-0.3, -0.25) is 0 Å². The minimum absolute atomic E-state index is 0.0973. The van der Waals surface area contributed by atoms with Gasteiger partial charge in [0, 0.05) is 6.42 Å². The molecule has 0 bridgehead atoms. The zero-order valence-corrected chi connectivity index (χ0v) is 6.34. The number of ketones is 1. The highest BCUT2D eigenvalue weighted by atomic mass is 16.2. The van der Waals surface area contributed by atoms with Gasteiger partial charge in [-0.15, -0.1) is 0 Å². The van der Waals surface area contributed by atoms with Crippen LogP contribution in [0.4, 0.5) is 0 Å². The molecule has 0 saturated heterocycles. The Labute approximate surface area is 61.6 Å². The third-order valence-electron chi connectivity index (χ3n) is 1.17. The van der Waals surface area contributed by atoms with Gasteiger partial charge < -0.3 is 9.90 Å². The lowest BCUT2D eigenvalue weighted by Crippen LogP contribution is -1.87. The molecule has 0 aromatic carbocycles. The van der Waals surface area contributed by atoms with Gasteiger partial charge in [-0.2, -0.15) is 0 Å². The maximum atomic E-state index is 10.4. The Balaban J connectivity index is 3.05. The molecule has 0 radical (unpaired) electrons. The van der Waals surface area contributed by atoms with Gasteiger partial charge in [0.05, 0.1) is 6.61 Å². The van der Waals surface area contributed by atoms with Gasteiger partial charge in [-0.1, -0.05) is 12.2 Å². The van der Waals surface area contributed by atoms with Crippen LogP contribution in [0.5, 0.6) is 0 Å². The van der Waals surface area contributed by atoms with E-state index in [2.05, 4.69) is 0 Å². The first-order valence-corrected chi connectivity index (χ1v) is 3.52. The van der Waals surface area contributed by atoms with E-state index in [1.807, 2.05) is 6.08 Å². The zero-order valence-electron chi connectivity index (χ0n) is 6.34. The molecule has 0 aromatic heterocycles. The summed E-state index contributed by atoms with van der Waals surface area (Å²) in [5, 5.41) is 8.32. The number of hydrogen-bond donors (Lipinski definition) is 1. The summed E-state index contributed by atoms with van der Waals surface area (Å²) in [6, 6.07) is 0. The van der Waals surface area contributed by atoms with Gasteiger partial charge in [-0.05, 0) is 19.8 Å². The summed E-state index contributed by atoms with van der Waals surface area (Å²) < 4.78 is 0. The van der Waals surface area contributed by atoms with Crippen LogP contribution in [0.2, 0.25) is 0 Å². The number of Topliss-reactive ketones (excluding diaryl/α,β-unsaturated/α-hetero) is 1. The van der Waals surface area contributed by atoms with Crippen LogP contribution in [0, 0.1) is 0 Å². The molecule has 0 atom stereocenters. The van der Waals surface area contributed by atoms with Crippen LogP contribution in [0.15, 0.2) is 12.2 Å². The van der Waals surface area contributed by atoms with Crippen molar-refractivity contribution in [1.29, 1.82) is 0 Å². The topological polar surface area (TPSA) is 37.3 Å². The maximum Gasteiger partial charge on any atom is 0.129 e. The van der Waals surface area contributed by atoms with Crippen molar-refractivity contribution in [2.45, 2.75) is 26.2 Å². The van der Waals surface area contributed by atoms with Crippen LogP contribution < -0.4 is 0 Å². The number of carbonyl (C=O) groups is 1. The van der Waals surface area contributed by atoms with E-state index in [1.165, 1.54) is 0 Å². The maximum absolute atomic E-state index is 10.4. The van der Waals surface area contributed by atoms with Crippen LogP contribution >= 0.6 is 0 Å². The molecule has 0 amide bonds. The minimum atomic E-state index is 0.0973. The molecule has 0 aliphatic rings.